The van der Waals surface area contributed by atoms with Gasteiger partial charge in [0.2, 0.25) is 0 Å². The van der Waals surface area contributed by atoms with E-state index in [0.717, 1.165) is 10.9 Å². The van der Waals surface area contributed by atoms with E-state index in [1.165, 1.54) is 0 Å². The van der Waals surface area contributed by atoms with Crippen molar-refractivity contribution in [3.8, 4) is 17.2 Å². The van der Waals surface area contributed by atoms with Crippen LogP contribution in [0, 0.1) is 13.8 Å². The fourth-order valence-electron chi connectivity index (χ4n) is 2.92. The van der Waals surface area contributed by atoms with E-state index in [1.807, 2.05) is 37.3 Å². The molecule has 0 radical (unpaired) electrons. The molecule has 4 aromatic rings. The first-order valence-corrected chi connectivity index (χ1v) is 8.36. The van der Waals surface area contributed by atoms with E-state index in [-0.39, 0.29) is 5.75 Å². The Morgan fingerprint density at radius 1 is 1.00 bits per heavy atom. The number of aromatic hydroxyl groups is 1. The van der Waals surface area contributed by atoms with Crippen LogP contribution < -0.4 is 5.73 Å². The highest BCUT2D eigenvalue weighted by molar-refractivity contribution is 6.01. The molecule has 0 saturated heterocycles. The quantitative estimate of drug-likeness (QED) is 0.385. The fourth-order valence-corrected chi connectivity index (χ4v) is 2.92. The van der Waals surface area contributed by atoms with Gasteiger partial charge in [-0.05, 0) is 55.8 Å². The molecule has 0 spiro atoms. The van der Waals surface area contributed by atoms with Crippen molar-refractivity contribution in [2.75, 3.05) is 5.73 Å². The molecule has 3 aromatic carbocycles. The largest absolute Gasteiger partial charge is 0.507 e. The average molecular weight is 359 g/mol. The van der Waals surface area contributed by atoms with E-state index in [4.69, 9.17) is 10.3 Å². The number of nitrogen functional groups attached to an aromatic ring is 1. The van der Waals surface area contributed by atoms with Crippen molar-refractivity contribution in [2.24, 2.45) is 10.2 Å². The zero-order valence-electron chi connectivity index (χ0n) is 14.8. The van der Waals surface area contributed by atoms with Crippen molar-refractivity contribution in [2.45, 2.75) is 13.8 Å². The highest BCUT2D eigenvalue weighted by Gasteiger charge is 2.12. The lowest BCUT2D eigenvalue weighted by molar-refractivity contribution is 0.425. The number of benzene rings is 3. The van der Waals surface area contributed by atoms with Gasteiger partial charge < -0.3 is 15.4 Å². The lowest BCUT2D eigenvalue weighted by atomic mass is 10.0. The van der Waals surface area contributed by atoms with E-state index in [0.29, 0.717) is 39.7 Å². The summed E-state index contributed by atoms with van der Waals surface area (Å²) in [5, 5.41) is 24.2. The summed E-state index contributed by atoms with van der Waals surface area (Å²) >= 11 is 0. The zero-order chi connectivity index (χ0) is 19.0. The van der Waals surface area contributed by atoms with Crippen LogP contribution in [0.4, 0.5) is 17.1 Å². The third-order valence-corrected chi connectivity index (χ3v) is 4.18. The summed E-state index contributed by atoms with van der Waals surface area (Å²) in [5.74, 6) is 1.10. The standard InChI is InChI=1S/C20H17N5O2/c1-11-9-15-13(18(26)10-11)7-8-16(21)19(15)24-23-17-6-4-3-5-14(17)20-22-12(2)25-27-20/h3-10,26H,21H2,1-2H3. The van der Waals surface area contributed by atoms with Crippen LogP contribution in [0.2, 0.25) is 0 Å². The second kappa shape index (κ2) is 6.53. The van der Waals surface area contributed by atoms with Gasteiger partial charge in [-0.15, -0.1) is 10.2 Å². The Kier molecular flexibility index (Phi) is 4.04. The van der Waals surface area contributed by atoms with Crippen molar-refractivity contribution in [1.29, 1.82) is 0 Å². The minimum Gasteiger partial charge on any atom is -0.507 e. The van der Waals surface area contributed by atoms with Crippen LogP contribution in [-0.2, 0) is 0 Å². The van der Waals surface area contributed by atoms with Crippen molar-refractivity contribution in [3.05, 3.63) is 59.9 Å². The molecule has 0 bridgehead atoms. The molecular formula is C20H17N5O2. The molecule has 1 heterocycles. The molecule has 1 aromatic heterocycles. The van der Waals surface area contributed by atoms with E-state index in [1.54, 1.807) is 25.1 Å². The minimum absolute atomic E-state index is 0.184. The molecule has 4 rings (SSSR count). The van der Waals surface area contributed by atoms with Gasteiger partial charge in [0.15, 0.2) is 5.82 Å². The molecule has 3 N–H and O–H groups in total. The van der Waals surface area contributed by atoms with Gasteiger partial charge in [0, 0.05) is 10.8 Å². The molecule has 0 unspecified atom stereocenters. The lowest BCUT2D eigenvalue weighted by Gasteiger charge is -2.08. The summed E-state index contributed by atoms with van der Waals surface area (Å²) < 4.78 is 5.25. The molecule has 0 aliphatic heterocycles. The molecule has 27 heavy (non-hydrogen) atoms. The number of hydrogen-bond donors (Lipinski definition) is 2. The van der Waals surface area contributed by atoms with E-state index in [2.05, 4.69) is 20.4 Å². The molecule has 0 saturated carbocycles. The second-order valence-electron chi connectivity index (χ2n) is 6.25. The number of hydrogen-bond acceptors (Lipinski definition) is 7. The Labute approximate surface area is 155 Å². The molecule has 134 valence electrons. The van der Waals surface area contributed by atoms with Crippen molar-refractivity contribution in [3.63, 3.8) is 0 Å². The van der Waals surface area contributed by atoms with Gasteiger partial charge in [0.1, 0.15) is 11.4 Å². The predicted octanol–water partition coefficient (Wildman–Crippen LogP) is 5.21. The van der Waals surface area contributed by atoms with E-state index >= 15 is 0 Å². The van der Waals surface area contributed by atoms with Gasteiger partial charge in [-0.3, -0.25) is 0 Å². The van der Waals surface area contributed by atoms with Gasteiger partial charge in [-0.25, -0.2) is 0 Å². The Balaban J connectivity index is 1.84. The maximum Gasteiger partial charge on any atom is 0.260 e. The van der Waals surface area contributed by atoms with Crippen LogP contribution in [0.15, 0.2) is 63.3 Å². The van der Waals surface area contributed by atoms with E-state index in [9.17, 15) is 5.11 Å². The Morgan fingerprint density at radius 3 is 2.59 bits per heavy atom. The molecule has 7 nitrogen and oxygen atoms in total. The van der Waals surface area contributed by atoms with Crippen molar-refractivity contribution in [1.82, 2.24) is 10.1 Å². The van der Waals surface area contributed by atoms with Crippen LogP contribution in [0.5, 0.6) is 5.75 Å². The first-order valence-electron chi connectivity index (χ1n) is 8.36. The molecule has 0 aliphatic carbocycles. The average Bonchev–Trinajstić information content (AvgIpc) is 3.07. The Hall–Kier alpha value is -3.74. The first kappa shape index (κ1) is 16.7. The zero-order valence-corrected chi connectivity index (χ0v) is 14.8. The predicted molar refractivity (Wildman–Crippen MR) is 103 cm³/mol. The number of nitrogens with two attached hydrogens (primary N) is 1. The van der Waals surface area contributed by atoms with Crippen molar-refractivity contribution < 1.29 is 9.63 Å². The summed E-state index contributed by atoms with van der Waals surface area (Å²) in [6, 6.07) is 14.5. The molecule has 7 heteroatoms. The summed E-state index contributed by atoms with van der Waals surface area (Å²) in [4.78, 5) is 4.25. The number of nitrogens with zero attached hydrogens (tertiary/aromatic N) is 4. The number of fused-ring (bicyclic) bond motifs is 1. The number of anilines is 1. The summed E-state index contributed by atoms with van der Waals surface area (Å²) in [6.07, 6.45) is 0. The molecule has 0 amide bonds. The third kappa shape index (κ3) is 3.10. The summed E-state index contributed by atoms with van der Waals surface area (Å²) in [5.41, 5.74) is 9.27. The maximum atomic E-state index is 10.2. The number of aryl methyl sites for hydroxylation is 2. The van der Waals surface area contributed by atoms with Crippen LogP contribution in [0.3, 0.4) is 0 Å². The van der Waals surface area contributed by atoms with E-state index < -0.39 is 0 Å². The number of rotatable bonds is 3. The highest BCUT2D eigenvalue weighted by Crippen LogP contribution is 2.39. The number of aromatic nitrogens is 2. The number of phenols is 1. The Bertz CT molecular complexity index is 1180. The van der Waals surface area contributed by atoms with Crippen molar-refractivity contribution >= 4 is 27.8 Å². The third-order valence-electron chi connectivity index (χ3n) is 4.18. The molecule has 0 fully saturated rings. The smallest absolute Gasteiger partial charge is 0.260 e. The van der Waals surface area contributed by atoms with Gasteiger partial charge in [0.05, 0.1) is 16.9 Å². The van der Waals surface area contributed by atoms with Crippen LogP contribution in [-0.4, -0.2) is 15.2 Å². The second-order valence-corrected chi connectivity index (χ2v) is 6.25. The van der Waals surface area contributed by atoms with Gasteiger partial charge in [-0.2, -0.15) is 4.98 Å². The van der Waals surface area contributed by atoms with Crippen LogP contribution in [0.1, 0.15) is 11.4 Å². The summed E-state index contributed by atoms with van der Waals surface area (Å²) in [7, 11) is 0. The van der Waals surface area contributed by atoms with Crippen LogP contribution in [0.25, 0.3) is 22.2 Å². The fraction of sp³-hybridized carbons (Fsp3) is 0.100. The van der Waals surface area contributed by atoms with Gasteiger partial charge in [0.25, 0.3) is 5.89 Å². The number of azo groups is 1. The lowest BCUT2D eigenvalue weighted by Crippen LogP contribution is -1.87. The Morgan fingerprint density at radius 2 is 1.81 bits per heavy atom. The first-order chi connectivity index (χ1) is 13.0. The topological polar surface area (TPSA) is 110 Å². The molecular weight excluding hydrogens is 342 g/mol. The minimum atomic E-state index is 0.184. The van der Waals surface area contributed by atoms with Crippen LogP contribution >= 0.6 is 0 Å². The van der Waals surface area contributed by atoms with Gasteiger partial charge >= 0.3 is 0 Å². The summed E-state index contributed by atoms with van der Waals surface area (Å²) in [6.45, 7) is 3.65. The molecule has 0 aliphatic rings. The highest BCUT2D eigenvalue weighted by atomic mass is 16.5. The van der Waals surface area contributed by atoms with Gasteiger partial charge in [-0.1, -0.05) is 17.3 Å². The number of phenolic OH excluding ortho intramolecular Hbond substituents is 1. The monoisotopic (exact) mass is 359 g/mol. The maximum absolute atomic E-state index is 10.2. The SMILES string of the molecule is Cc1cc(O)c2ccc(N)c(N=Nc3ccccc3-c3nc(C)no3)c2c1. The normalized spacial score (nSPS) is 11.5. The molecule has 0 atom stereocenters.